The third-order valence-corrected chi connectivity index (χ3v) is 3.26. The highest BCUT2D eigenvalue weighted by Gasteiger charge is 2.13. The Hall–Kier alpha value is -0.990. The summed E-state index contributed by atoms with van der Waals surface area (Å²) in [6.45, 7) is 4.14. The van der Waals surface area contributed by atoms with Crippen LogP contribution in [-0.4, -0.2) is 12.1 Å². The minimum atomic E-state index is 0.305. The van der Waals surface area contributed by atoms with E-state index in [1.54, 1.807) is 19.2 Å². The molecule has 0 aliphatic carbocycles. The smallest absolute Gasteiger partial charge is 0.129 e. The number of aromatic nitrogens is 1. The average molecular weight is 270 g/mol. The van der Waals surface area contributed by atoms with Crippen molar-refractivity contribution in [2.75, 3.05) is 7.11 Å². The Morgan fingerprint density at radius 2 is 1.88 bits per heavy atom. The summed E-state index contributed by atoms with van der Waals surface area (Å²) in [6.07, 6.45) is 0. The number of methoxy groups -OCH3 is 1. The molecule has 1 heterocycles. The zero-order valence-electron chi connectivity index (χ0n) is 9.92. The molecule has 0 aliphatic heterocycles. The molecule has 0 aliphatic rings. The van der Waals surface area contributed by atoms with E-state index in [0.29, 0.717) is 27.2 Å². The van der Waals surface area contributed by atoms with E-state index in [-0.39, 0.29) is 0 Å². The lowest BCUT2D eigenvalue weighted by molar-refractivity contribution is 0.420. The minimum absolute atomic E-state index is 0.305. The topological polar surface area (TPSA) is 22.1 Å². The van der Waals surface area contributed by atoms with E-state index in [1.807, 2.05) is 6.07 Å². The van der Waals surface area contributed by atoms with Crippen LogP contribution in [0.4, 0.5) is 0 Å². The summed E-state index contributed by atoms with van der Waals surface area (Å²) < 4.78 is 5.28. The van der Waals surface area contributed by atoms with Crippen molar-refractivity contribution in [2.24, 2.45) is 0 Å². The van der Waals surface area contributed by atoms with Gasteiger partial charge in [-0.2, -0.15) is 0 Å². The Morgan fingerprint density at radius 3 is 2.47 bits per heavy atom. The first-order valence-corrected chi connectivity index (χ1v) is 6.12. The van der Waals surface area contributed by atoms with Gasteiger partial charge in [-0.15, -0.1) is 0 Å². The molecule has 0 saturated heterocycles. The Bertz CT molecular complexity index is 567. The highest BCUT2D eigenvalue weighted by molar-refractivity contribution is 6.39. The fourth-order valence-corrected chi connectivity index (χ4v) is 2.21. The predicted octanol–water partition coefficient (Wildman–Crippen LogP) is 4.67. The second-order valence-electron chi connectivity index (χ2n) is 4.16. The normalized spacial score (nSPS) is 11.2. The summed E-state index contributed by atoms with van der Waals surface area (Å²) >= 11 is 12.4. The van der Waals surface area contributed by atoms with Crippen LogP contribution in [0.5, 0.6) is 5.75 Å². The summed E-state index contributed by atoms with van der Waals surface area (Å²) in [7, 11) is 1.61. The van der Waals surface area contributed by atoms with Gasteiger partial charge in [-0.25, -0.2) is 0 Å². The molecule has 1 aromatic carbocycles. The lowest BCUT2D eigenvalue weighted by Gasteiger charge is -2.11. The molecular weight excluding hydrogens is 257 g/mol. The minimum Gasteiger partial charge on any atom is -0.496 e. The first-order valence-electron chi connectivity index (χ1n) is 5.37. The Kier molecular flexibility index (Phi) is 3.45. The molecule has 0 N–H and O–H groups in total. The molecule has 0 fully saturated rings. The van der Waals surface area contributed by atoms with E-state index in [9.17, 15) is 0 Å². The second-order valence-corrected chi connectivity index (χ2v) is 4.97. The summed E-state index contributed by atoms with van der Waals surface area (Å²) in [5, 5.41) is 1.98. The maximum Gasteiger partial charge on any atom is 0.129 e. The Balaban J connectivity index is 2.84. The van der Waals surface area contributed by atoms with E-state index < -0.39 is 0 Å². The fraction of sp³-hybridized carbons (Fsp3) is 0.308. The molecule has 90 valence electrons. The van der Waals surface area contributed by atoms with Crippen molar-refractivity contribution in [1.82, 2.24) is 4.98 Å². The number of hydrogen-bond acceptors (Lipinski definition) is 2. The van der Waals surface area contributed by atoms with Crippen LogP contribution in [0, 0.1) is 0 Å². The summed E-state index contributed by atoms with van der Waals surface area (Å²) in [6, 6.07) is 5.44. The lowest BCUT2D eigenvalue weighted by atomic mass is 10.1. The van der Waals surface area contributed by atoms with E-state index in [4.69, 9.17) is 27.9 Å². The van der Waals surface area contributed by atoms with Crippen LogP contribution in [0.25, 0.3) is 10.9 Å². The molecular formula is C13H13Cl2NO. The maximum absolute atomic E-state index is 6.28. The fourth-order valence-electron chi connectivity index (χ4n) is 1.72. The molecule has 0 spiro atoms. The highest BCUT2D eigenvalue weighted by Crippen LogP contribution is 2.36. The molecule has 0 saturated carbocycles. The first kappa shape index (κ1) is 12.5. The molecule has 0 amide bonds. The molecule has 0 radical (unpaired) electrons. The zero-order chi connectivity index (χ0) is 12.6. The largest absolute Gasteiger partial charge is 0.496 e. The zero-order valence-corrected chi connectivity index (χ0v) is 11.4. The molecule has 17 heavy (non-hydrogen) atoms. The van der Waals surface area contributed by atoms with Gasteiger partial charge in [-0.05, 0) is 24.1 Å². The van der Waals surface area contributed by atoms with Gasteiger partial charge in [0.05, 0.1) is 28.1 Å². The molecule has 2 rings (SSSR count). The van der Waals surface area contributed by atoms with Crippen molar-refractivity contribution in [3.63, 3.8) is 0 Å². The van der Waals surface area contributed by atoms with Crippen molar-refractivity contribution in [3.05, 3.63) is 33.9 Å². The van der Waals surface area contributed by atoms with Gasteiger partial charge in [0.1, 0.15) is 5.75 Å². The number of benzene rings is 1. The lowest BCUT2D eigenvalue weighted by Crippen LogP contribution is -1.96. The third-order valence-electron chi connectivity index (χ3n) is 2.66. The van der Waals surface area contributed by atoms with Gasteiger partial charge in [0.2, 0.25) is 0 Å². The van der Waals surface area contributed by atoms with E-state index in [1.165, 1.54) is 0 Å². The van der Waals surface area contributed by atoms with Gasteiger partial charge < -0.3 is 4.74 Å². The van der Waals surface area contributed by atoms with Gasteiger partial charge in [-0.3, -0.25) is 4.98 Å². The average Bonchev–Trinajstić information content (AvgIpc) is 2.30. The van der Waals surface area contributed by atoms with E-state index >= 15 is 0 Å². The molecule has 2 nitrogen and oxygen atoms in total. The number of hydrogen-bond donors (Lipinski definition) is 0. The predicted molar refractivity (Wildman–Crippen MR) is 72.4 cm³/mol. The van der Waals surface area contributed by atoms with Crippen molar-refractivity contribution in [2.45, 2.75) is 19.8 Å². The standard InChI is InChI=1S/C13H13Cl2NO/c1-7(2)10-6-9(15)12-11(17-3)5-4-8(14)13(12)16-10/h4-7H,1-3H3. The Labute approximate surface area is 111 Å². The Morgan fingerprint density at radius 1 is 1.18 bits per heavy atom. The number of halogens is 2. The van der Waals surface area contributed by atoms with Gasteiger partial charge in [-0.1, -0.05) is 37.0 Å². The number of fused-ring (bicyclic) bond motifs is 1. The number of nitrogens with zero attached hydrogens (tertiary/aromatic N) is 1. The van der Waals surface area contributed by atoms with Gasteiger partial charge >= 0.3 is 0 Å². The molecule has 4 heteroatoms. The molecule has 0 atom stereocenters. The van der Waals surface area contributed by atoms with Crippen LogP contribution in [0.3, 0.4) is 0 Å². The monoisotopic (exact) mass is 269 g/mol. The summed E-state index contributed by atoms with van der Waals surface area (Å²) in [5.41, 5.74) is 1.62. The van der Waals surface area contributed by atoms with Crippen molar-refractivity contribution >= 4 is 34.1 Å². The summed E-state index contributed by atoms with van der Waals surface area (Å²) in [4.78, 5) is 4.55. The second kappa shape index (κ2) is 4.71. The van der Waals surface area contributed by atoms with Crippen LogP contribution >= 0.6 is 23.2 Å². The quantitative estimate of drug-likeness (QED) is 0.790. The third kappa shape index (κ3) is 2.20. The molecule has 1 aromatic heterocycles. The van der Waals surface area contributed by atoms with E-state index in [0.717, 1.165) is 11.1 Å². The molecule has 2 aromatic rings. The van der Waals surface area contributed by atoms with Crippen LogP contribution in [0.1, 0.15) is 25.5 Å². The van der Waals surface area contributed by atoms with Crippen molar-refractivity contribution < 1.29 is 4.74 Å². The van der Waals surface area contributed by atoms with Crippen LogP contribution in [0.2, 0.25) is 10.0 Å². The van der Waals surface area contributed by atoms with E-state index in [2.05, 4.69) is 18.8 Å². The van der Waals surface area contributed by atoms with Gasteiger partial charge in [0.15, 0.2) is 0 Å². The van der Waals surface area contributed by atoms with Crippen molar-refractivity contribution in [3.8, 4) is 5.75 Å². The van der Waals surface area contributed by atoms with Crippen molar-refractivity contribution in [1.29, 1.82) is 0 Å². The highest BCUT2D eigenvalue weighted by atomic mass is 35.5. The number of rotatable bonds is 2. The molecule has 0 unspecified atom stereocenters. The molecule has 0 bridgehead atoms. The van der Waals surface area contributed by atoms with Gasteiger partial charge in [0.25, 0.3) is 0 Å². The number of pyridine rings is 1. The van der Waals surface area contributed by atoms with Crippen LogP contribution in [0.15, 0.2) is 18.2 Å². The maximum atomic E-state index is 6.28. The van der Waals surface area contributed by atoms with Crippen LogP contribution in [-0.2, 0) is 0 Å². The number of ether oxygens (including phenoxy) is 1. The SMILES string of the molecule is COc1ccc(Cl)c2nc(C(C)C)cc(Cl)c12. The first-order chi connectivity index (χ1) is 8.04. The van der Waals surface area contributed by atoms with Gasteiger partial charge in [0, 0.05) is 5.69 Å². The van der Waals surface area contributed by atoms with Crippen LogP contribution < -0.4 is 4.74 Å². The summed E-state index contributed by atoms with van der Waals surface area (Å²) in [5.74, 6) is 0.997.